The predicted molar refractivity (Wildman–Crippen MR) is 41.3 cm³/mol. The molecule has 0 radical (unpaired) electrons. The number of hydrogen-bond donors (Lipinski definition) is 1. The maximum atomic E-state index is 8.34. The lowest BCUT2D eigenvalue weighted by molar-refractivity contribution is 1.32. The van der Waals surface area contributed by atoms with Crippen molar-refractivity contribution in [2.75, 3.05) is 0 Å². The monoisotopic (exact) mass is 179 g/mol. The normalized spacial score (nSPS) is 9.83. The van der Waals surface area contributed by atoms with Crippen LogP contribution in [-0.2, 0) is 0 Å². The molecular weight excluding hydrogens is 178 g/mol. The molecule has 0 aliphatic rings. The Morgan fingerprint density at radius 2 is 1.67 bits per heavy atom. The maximum Gasteiger partial charge on any atom is 0.219 e. The Bertz CT molecular complexity index is 339. The fourth-order valence-electron chi connectivity index (χ4n) is 0.319. The largest absolute Gasteiger partial charge is 0.387 e. The van der Waals surface area contributed by atoms with Crippen LogP contribution >= 0.6 is 11.6 Å². The van der Waals surface area contributed by atoms with Crippen LogP contribution in [0.25, 0.3) is 0 Å². The van der Waals surface area contributed by atoms with E-state index in [0.29, 0.717) is 0 Å². The maximum absolute atomic E-state index is 8.34. The van der Waals surface area contributed by atoms with Gasteiger partial charge in [0.05, 0.1) is 0 Å². The van der Waals surface area contributed by atoms with Gasteiger partial charge in [-0.2, -0.15) is 15.8 Å². The highest BCUT2D eigenvalue weighted by atomic mass is 35.5. The van der Waals surface area contributed by atoms with E-state index in [4.69, 9.17) is 33.1 Å². The molecule has 5 nitrogen and oxygen atoms in total. The minimum atomic E-state index is -0.463. The van der Waals surface area contributed by atoms with Crippen LogP contribution in [0.5, 0.6) is 0 Å². The molecule has 0 saturated heterocycles. The fraction of sp³-hybridized carbons (Fsp3) is 0. The Kier molecular flexibility index (Phi) is 3.93. The molecule has 0 amide bonds. The van der Waals surface area contributed by atoms with E-state index in [-0.39, 0.29) is 10.9 Å². The van der Waals surface area contributed by atoms with Crippen molar-refractivity contribution in [3.63, 3.8) is 0 Å². The van der Waals surface area contributed by atoms with Crippen LogP contribution in [0.15, 0.2) is 15.8 Å². The highest BCUT2D eigenvalue weighted by Crippen LogP contribution is 2.03. The average molecular weight is 180 g/mol. The van der Waals surface area contributed by atoms with Crippen molar-refractivity contribution in [3.05, 3.63) is 10.9 Å². The van der Waals surface area contributed by atoms with Crippen molar-refractivity contribution in [1.29, 1.82) is 15.8 Å². The lowest BCUT2D eigenvalue weighted by Gasteiger charge is -1.87. The van der Waals surface area contributed by atoms with E-state index >= 15 is 0 Å². The Morgan fingerprint density at radius 1 is 1.17 bits per heavy atom. The first-order valence-corrected chi connectivity index (χ1v) is 2.97. The van der Waals surface area contributed by atoms with E-state index in [9.17, 15) is 0 Å². The van der Waals surface area contributed by atoms with Gasteiger partial charge in [-0.05, 0) is 0 Å². The summed E-state index contributed by atoms with van der Waals surface area (Å²) < 4.78 is 0. The molecule has 0 rings (SSSR count). The first-order valence-electron chi connectivity index (χ1n) is 2.60. The molecule has 0 aromatic rings. The summed E-state index contributed by atoms with van der Waals surface area (Å²) in [6.07, 6.45) is 0. The highest BCUT2D eigenvalue weighted by molar-refractivity contribution is 6.29. The van der Waals surface area contributed by atoms with Gasteiger partial charge >= 0.3 is 0 Å². The quantitative estimate of drug-likeness (QED) is 0.356. The van der Waals surface area contributed by atoms with Crippen LogP contribution < -0.4 is 5.73 Å². The number of aliphatic imine (C=N–C) groups is 1. The molecule has 0 aromatic carbocycles. The second-order valence-electron chi connectivity index (χ2n) is 1.49. The van der Waals surface area contributed by atoms with Gasteiger partial charge in [0.15, 0.2) is 5.70 Å². The summed E-state index contributed by atoms with van der Waals surface area (Å²) in [6, 6.07) is 4.46. The molecule has 58 valence electrons. The third-order valence-corrected chi connectivity index (χ3v) is 0.947. The lowest BCUT2D eigenvalue weighted by Crippen LogP contribution is -1.96. The van der Waals surface area contributed by atoms with Gasteiger partial charge in [-0.3, -0.25) is 0 Å². The number of halogens is 1. The Labute approximate surface area is 73.6 Å². The van der Waals surface area contributed by atoms with E-state index in [0.717, 1.165) is 0 Å². The molecule has 0 bridgehead atoms. The van der Waals surface area contributed by atoms with Gasteiger partial charge in [-0.1, -0.05) is 11.6 Å². The fourth-order valence-corrected chi connectivity index (χ4v) is 0.403. The van der Waals surface area contributed by atoms with Crippen molar-refractivity contribution in [1.82, 2.24) is 0 Å². The van der Waals surface area contributed by atoms with Gasteiger partial charge in [0.2, 0.25) is 5.71 Å². The molecule has 0 unspecified atom stereocenters. The smallest absolute Gasteiger partial charge is 0.219 e. The van der Waals surface area contributed by atoms with Gasteiger partial charge < -0.3 is 5.73 Å². The second kappa shape index (κ2) is 4.73. The third kappa shape index (κ3) is 2.70. The molecule has 0 atom stereocenters. The first-order chi connectivity index (χ1) is 5.65. The van der Waals surface area contributed by atoms with Gasteiger partial charge in [0.1, 0.15) is 23.4 Å². The molecule has 0 heterocycles. The van der Waals surface area contributed by atoms with Gasteiger partial charge in [-0.25, -0.2) is 4.99 Å². The number of hydrogen-bond acceptors (Lipinski definition) is 5. The molecular formula is C6H2ClN5. The number of nitriles is 3. The van der Waals surface area contributed by atoms with E-state index in [2.05, 4.69) is 4.99 Å². The second-order valence-corrected chi connectivity index (χ2v) is 1.90. The average Bonchev–Trinajstić information content (AvgIpc) is 2.06. The van der Waals surface area contributed by atoms with Crippen LogP contribution in [-0.4, -0.2) is 5.71 Å². The molecule has 0 aliphatic carbocycles. The molecule has 2 N–H and O–H groups in total. The zero-order chi connectivity index (χ0) is 9.56. The SMILES string of the molecule is N#CC(C#N)=N/C(C#N)=C(\N)Cl. The topological polar surface area (TPSA) is 110 Å². The van der Waals surface area contributed by atoms with Crippen LogP contribution in [0.1, 0.15) is 0 Å². The Balaban J connectivity index is 5.05. The summed E-state index contributed by atoms with van der Waals surface area (Å²) in [4.78, 5) is 3.29. The summed E-state index contributed by atoms with van der Waals surface area (Å²) in [7, 11) is 0. The molecule has 0 saturated carbocycles. The number of allylic oxidation sites excluding steroid dienone is 1. The summed E-state index contributed by atoms with van der Waals surface area (Å²) in [5.74, 6) is 0. The van der Waals surface area contributed by atoms with Gasteiger partial charge in [-0.15, -0.1) is 0 Å². The third-order valence-electron chi connectivity index (χ3n) is 0.768. The Morgan fingerprint density at radius 3 is 1.92 bits per heavy atom. The predicted octanol–water partition coefficient (Wildman–Crippen LogP) is 0.365. The minimum absolute atomic E-state index is 0.338. The summed E-state index contributed by atoms with van der Waals surface area (Å²) in [5.41, 5.74) is 4.20. The molecule has 0 fully saturated rings. The van der Waals surface area contributed by atoms with E-state index in [1.54, 1.807) is 0 Å². The molecule has 6 heteroatoms. The van der Waals surface area contributed by atoms with Crippen molar-refractivity contribution in [2.45, 2.75) is 0 Å². The van der Waals surface area contributed by atoms with Gasteiger partial charge in [0.25, 0.3) is 0 Å². The van der Waals surface area contributed by atoms with Crippen molar-refractivity contribution < 1.29 is 0 Å². The van der Waals surface area contributed by atoms with Crippen LogP contribution in [0.3, 0.4) is 0 Å². The van der Waals surface area contributed by atoms with Crippen LogP contribution in [0.2, 0.25) is 0 Å². The summed E-state index contributed by atoms with van der Waals surface area (Å²) in [6.45, 7) is 0. The number of nitrogens with two attached hydrogens (primary N) is 1. The van der Waals surface area contributed by atoms with Crippen molar-refractivity contribution >= 4 is 17.3 Å². The first kappa shape index (κ1) is 9.97. The van der Waals surface area contributed by atoms with Crippen molar-refractivity contribution in [2.24, 2.45) is 10.7 Å². The number of nitrogens with zero attached hydrogens (tertiary/aromatic N) is 4. The molecule has 12 heavy (non-hydrogen) atoms. The minimum Gasteiger partial charge on any atom is -0.387 e. The number of rotatable bonds is 1. The Hall–Kier alpha value is -2.03. The van der Waals surface area contributed by atoms with E-state index < -0.39 is 5.71 Å². The zero-order valence-electron chi connectivity index (χ0n) is 5.74. The van der Waals surface area contributed by atoms with Crippen molar-refractivity contribution in [3.8, 4) is 18.2 Å². The zero-order valence-corrected chi connectivity index (χ0v) is 6.50. The van der Waals surface area contributed by atoms with Gasteiger partial charge in [0, 0.05) is 0 Å². The van der Waals surface area contributed by atoms with E-state index in [1.165, 1.54) is 18.2 Å². The summed E-state index contributed by atoms with van der Waals surface area (Å²) >= 11 is 5.21. The lowest BCUT2D eigenvalue weighted by atomic mass is 10.4. The molecule has 0 aliphatic heterocycles. The summed E-state index contributed by atoms with van der Waals surface area (Å²) in [5, 5.41) is 24.5. The molecule has 0 spiro atoms. The van der Waals surface area contributed by atoms with Crippen LogP contribution in [0, 0.1) is 34.0 Å². The highest BCUT2D eigenvalue weighted by Gasteiger charge is 2.00. The molecule has 0 aromatic heterocycles. The standard InChI is InChI=1S/C6H2ClN5/c7-6(11)5(3-10)12-4(1-8)2-9/h11H2/b6-5-. The van der Waals surface area contributed by atoms with E-state index in [1.807, 2.05) is 0 Å². The van der Waals surface area contributed by atoms with Crippen LogP contribution in [0.4, 0.5) is 0 Å².